The van der Waals surface area contributed by atoms with Gasteiger partial charge in [0.25, 0.3) is 0 Å². The van der Waals surface area contributed by atoms with E-state index in [1.165, 1.54) is 0 Å². The highest BCUT2D eigenvalue weighted by Gasteiger charge is 2.51. The smallest absolute Gasteiger partial charge is 0.329 e. The summed E-state index contributed by atoms with van der Waals surface area (Å²) in [5, 5.41) is 0. The van der Waals surface area contributed by atoms with Crippen LogP contribution in [0.25, 0.3) is 0 Å². The van der Waals surface area contributed by atoms with Crippen LogP contribution in [0.3, 0.4) is 0 Å². The monoisotopic (exact) mass is 246 g/mol. The van der Waals surface area contributed by atoms with E-state index < -0.39 is 21.6 Å². The Hall–Kier alpha value is -0.340. The van der Waals surface area contributed by atoms with Gasteiger partial charge in [-0.25, -0.2) is 8.42 Å². The molecular weight excluding hydrogens is 233 g/mol. The summed E-state index contributed by atoms with van der Waals surface area (Å²) in [4.78, 5) is 0. The maximum absolute atomic E-state index is 12.3. The van der Waals surface area contributed by atoms with E-state index in [9.17, 15) is 21.6 Å². The average Bonchev–Trinajstić information content (AvgIpc) is 2.16. The van der Waals surface area contributed by atoms with Crippen molar-refractivity contribution in [2.24, 2.45) is 5.73 Å². The van der Waals surface area contributed by atoms with E-state index in [-0.39, 0.29) is 13.1 Å². The lowest BCUT2D eigenvalue weighted by Crippen LogP contribution is -2.51. The molecule has 0 radical (unpaired) electrons. The third-order valence-electron chi connectivity index (χ3n) is 2.45. The van der Waals surface area contributed by atoms with Crippen LogP contribution in [0, 0.1) is 0 Å². The fourth-order valence-electron chi connectivity index (χ4n) is 1.66. The number of nitrogens with two attached hydrogens (primary N) is 1. The van der Waals surface area contributed by atoms with Crippen molar-refractivity contribution in [3.63, 3.8) is 0 Å². The summed E-state index contributed by atoms with van der Waals surface area (Å²) in [6.45, 7) is -0.168. The number of sulfonamides is 1. The molecule has 0 aromatic carbocycles. The van der Waals surface area contributed by atoms with Crippen molar-refractivity contribution in [1.82, 2.24) is 4.31 Å². The summed E-state index contributed by atoms with van der Waals surface area (Å²) < 4.78 is 59.5. The zero-order chi connectivity index (χ0) is 11.7. The molecule has 0 aromatic heterocycles. The van der Waals surface area contributed by atoms with Crippen LogP contribution in [-0.4, -0.2) is 37.4 Å². The zero-order valence-electron chi connectivity index (χ0n) is 8.00. The van der Waals surface area contributed by atoms with Crippen LogP contribution in [0.1, 0.15) is 19.3 Å². The summed E-state index contributed by atoms with van der Waals surface area (Å²) in [6, 6.07) is -0.717. The first-order valence-corrected chi connectivity index (χ1v) is 6.03. The Bertz CT molecular complexity index is 315. The van der Waals surface area contributed by atoms with Crippen LogP contribution in [0.5, 0.6) is 0 Å². The molecule has 1 saturated heterocycles. The van der Waals surface area contributed by atoms with Gasteiger partial charge in [-0.05, 0) is 12.8 Å². The molecule has 0 spiro atoms. The second-order valence-electron chi connectivity index (χ2n) is 3.45. The number of nitrogens with zero attached hydrogens (tertiary/aromatic N) is 1. The fourth-order valence-corrected chi connectivity index (χ4v) is 2.88. The number of piperidine rings is 1. The van der Waals surface area contributed by atoms with E-state index in [1.54, 1.807) is 0 Å². The Kier molecular flexibility index (Phi) is 3.62. The number of alkyl halides is 3. The van der Waals surface area contributed by atoms with Crippen molar-refractivity contribution >= 4 is 10.0 Å². The van der Waals surface area contributed by atoms with Crippen molar-refractivity contribution in [1.29, 1.82) is 0 Å². The van der Waals surface area contributed by atoms with Gasteiger partial charge in [0.15, 0.2) is 0 Å². The minimum Gasteiger partial charge on any atom is -0.329 e. The summed E-state index contributed by atoms with van der Waals surface area (Å²) >= 11 is 0. The third kappa shape index (κ3) is 2.43. The van der Waals surface area contributed by atoms with Crippen LogP contribution >= 0.6 is 0 Å². The Balaban J connectivity index is 2.94. The summed E-state index contributed by atoms with van der Waals surface area (Å²) in [5.41, 5.74) is 0.0357. The van der Waals surface area contributed by atoms with Gasteiger partial charge < -0.3 is 5.73 Å². The van der Waals surface area contributed by atoms with Crippen molar-refractivity contribution in [2.45, 2.75) is 30.8 Å². The second-order valence-corrected chi connectivity index (χ2v) is 5.33. The van der Waals surface area contributed by atoms with Crippen molar-refractivity contribution in [2.75, 3.05) is 13.1 Å². The van der Waals surface area contributed by atoms with Crippen molar-refractivity contribution in [3.8, 4) is 0 Å². The molecule has 15 heavy (non-hydrogen) atoms. The number of halogens is 3. The fraction of sp³-hybridized carbons (Fsp3) is 1.00. The Labute approximate surface area is 86.3 Å². The van der Waals surface area contributed by atoms with Gasteiger partial charge in [-0.3, -0.25) is 0 Å². The normalized spacial score (nSPS) is 25.5. The number of hydrogen-bond donors (Lipinski definition) is 1. The predicted molar refractivity (Wildman–Crippen MR) is 48.4 cm³/mol. The standard InChI is InChI=1S/C7H13F3N2O2S/c8-7(9,10)15(13,14)12-4-2-1-3-6(12)5-11/h6H,1-5,11H2. The van der Waals surface area contributed by atoms with E-state index in [4.69, 9.17) is 5.73 Å². The van der Waals surface area contributed by atoms with Gasteiger partial charge >= 0.3 is 15.5 Å². The van der Waals surface area contributed by atoms with Gasteiger partial charge in [-0.2, -0.15) is 17.5 Å². The Morgan fingerprint density at radius 2 is 1.93 bits per heavy atom. The van der Waals surface area contributed by atoms with Gasteiger partial charge in [0.05, 0.1) is 0 Å². The SMILES string of the molecule is NCC1CCCCN1S(=O)(=O)C(F)(F)F. The Morgan fingerprint density at radius 3 is 2.40 bits per heavy atom. The predicted octanol–water partition coefficient (Wildman–Crippen LogP) is 0.649. The molecule has 0 saturated carbocycles. The van der Waals surface area contributed by atoms with Gasteiger partial charge in [0.2, 0.25) is 0 Å². The molecule has 1 unspecified atom stereocenters. The molecule has 1 aliphatic heterocycles. The maximum atomic E-state index is 12.3. The maximum Gasteiger partial charge on any atom is 0.511 e. The van der Waals surface area contributed by atoms with E-state index >= 15 is 0 Å². The first-order valence-electron chi connectivity index (χ1n) is 4.59. The lowest BCUT2D eigenvalue weighted by atomic mass is 10.1. The van der Waals surface area contributed by atoms with Gasteiger partial charge in [0.1, 0.15) is 0 Å². The highest BCUT2D eigenvalue weighted by molar-refractivity contribution is 7.90. The molecule has 0 amide bonds. The van der Waals surface area contributed by atoms with Gasteiger partial charge in [-0.15, -0.1) is 0 Å². The molecule has 1 rings (SSSR count). The Morgan fingerprint density at radius 1 is 1.33 bits per heavy atom. The molecule has 1 heterocycles. The molecule has 0 bridgehead atoms. The quantitative estimate of drug-likeness (QED) is 0.778. The molecule has 1 fully saturated rings. The zero-order valence-corrected chi connectivity index (χ0v) is 8.81. The molecule has 1 atom stereocenters. The van der Waals surface area contributed by atoms with Crippen LogP contribution < -0.4 is 5.73 Å². The largest absolute Gasteiger partial charge is 0.511 e. The lowest BCUT2D eigenvalue weighted by molar-refractivity contribution is -0.0507. The van der Waals surface area contributed by atoms with Gasteiger partial charge in [-0.1, -0.05) is 6.42 Å². The van der Waals surface area contributed by atoms with Crippen molar-refractivity contribution < 1.29 is 21.6 Å². The van der Waals surface area contributed by atoms with E-state index in [1.807, 2.05) is 0 Å². The van der Waals surface area contributed by atoms with Crippen LogP contribution in [0.2, 0.25) is 0 Å². The minimum absolute atomic E-state index is 0.0741. The summed E-state index contributed by atoms with van der Waals surface area (Å²) in [6.07, 6.45) is 1.56. The molecule has 2 N–H and O–H groups in total. The number of hydrogen-bond acceptors (Lipinski definition) is 3. The summed E-state index contributed by atoms with van der Waals surface area (Å²) in [5.74, 6) is 0. The van der Waals surface area contributed by atoms with E-state index in [2.05, 4.69) is 0 Å². The van der Waals surface area contributed by atoms with E-state index in [0.717, 1.165) is 0 Å². The molecule has 1 aliphatic rings. The topological polar surface area (TPSA) is 63.4 Å². The molecule has 0 aliphatic carbocycles. The minimum atomic E-state index is -5.22. The van der Waals surface area contributed by atoms with E-state index in [0.29, 0.717) is 23.6 Å². The van der Waals surface area contributed by atoms with Crippen LogP contribution in [-0.2, 0) is 10.0 Å². The number of rotatable bonds is 2. The highest BCUT2D eigenvalue weighted by atomic mass is 32.2. The highest BCUT2D eigenvalue weighted by Crippen LogP contribution is 2.31. The first kappa shape index (κ1) is 12.7. The molecular formula is C7H13F3N2O2S. The second kappa shape index (κ2) is 4.26. The molecule has 90 valence electrons. The molecule has 0 aromatic rings. The molecule has 8 heteroatoms. The average molecular weight is 246 g/mol. The summed E-state index contributed by atoms with van der Waals surface area (Å²) in [7, 11) is -5.21. The first-order chi connectivity index (χ1) is 6.80. The lowest BCUT2D eigenvalue weighted by Gasteiger charge is -2.34. The van der Waals surface area contributed by atoms with Crippen LogP contribution in [0.15, 0.2) is 0 Å². The van der Waals surface area contributed by atoms with Crippen molar-refractivity contribution in [3.05, 3.63) is 0 Å². The van der Waals surface area contributed by atoms with Gasteiger partial charge in [0, 0.05) is 19.1 Å². The van der Waals surface area contributed by atoms with Crippen LogP contribution in [0.4, 0.5) is 13.2 Å². The third-order valence-corrected chi connectivity index (χ3v) is 4.13. The molecule has 4 nitrogen and oxygen atoms in total.